The van der Waals surface area contributed by atoms with E-state index in [-0.39, 0.29) is 22.7 Å². The largest absolute Gasteiger partial charge is 0.871 e. The lowest BCUT2D eigenvalue weighted by Gasteiger charge is -2.17. The van der Waals surface area contributed by atoms with Gasteiger partial charge < -0.3 is 15.4 Å². The first-order valence-corrected chi connectivity index (χ1v) is 8.88. The first-order valence-electron chi connectivity index (χ1n) is 8.88. The molecular formula is C23H15N2O4-. The fourth-order valence-corrected chi connectivity index (χ4v) is 3.13. The van der Waals surface area contributed by atoms with E-state index in [0.717, 1.165) is 0 Å². The summed E-state index contributed by atoms with van der Waals surface area (Å²) in [6, 6.07) is 13.6. The molecule has 2 heterocycles. The third-order valence-corrected chi connectivity index (χ3v) is 4.57. The molecule has 0 atom stereocenters. The summed E-state index contributed by atoms with van der Waals surface area (Å²) < 4.78 is 0. The molecule has 2 aromatic carbocycles. The van der Waals surface area contributed by atoms with Gasteiger partial charge in [-0.05, 0) is 29.7 Å². The predicted octanol–water partition coefficient (Wildman–Crippen LogP) is 2.93. The Morgan fingerprint density at radius 1 is 0.862 bits per heavy atom. The summed E-state index contributed by atoms with van der Waals surface area (Å²) in [5.41, 5.74) is 0.961. The zero-order chi connectivity index (χ0) is 20.4. The number of carbonyl (C=O) groups is 2. The Kier molecular flexibility index (Phi) is 4.66. The number of aromatic nitrogens is 1. The standard InChI is InChI=1S/C23H16N2O4/c26-20-14-8-4-6-12-18(14)24-22(28)16(20)10-2-1-3-11-17-21(27)15-9-5-7-13-19(15)25-23(17)29/h1-13H,(H,24,28)(H2,25,27,29)/p-1. The van der Waals surface area contributed by atoms with Crippen LogP contribution in [0.2, 0.25) is 0 Å². The molecule has 1 aliphatic rings. The number of allylic oxidation sites excluding steroid dienone is 4. The number of benzene rings is 2. The first kappa shape index (κ1) is 18.2. The van der Waals surface area contributed by atoms with Crippen LogP contribution in [0.1, 0.15) is 15.9 Å². The van der Waals surface area contributed by atoms with Gasteiger partial charge in [0.1, 0.15) is 0 Å². The van der Waals surface area contributed by atoms with Crippen LogP contribution in [0.5, 0.6) is 5.75 Å². The van der Waals surface area contributed by atoms with Crippen LogP contribution in [0, 0.1) is 0 Å². The number of fused-ring (bicyclic) bond motifs is 2. The molecule has 0 saturated heterocycles. The molecule has 0 aliphatic carbocycles. The van der Waals surface area contributed by atoms with Gasteiger partial charge in [0.2, 0.25) is 5.78 Å². The number of nitrogens with one attached hydrogen (secondary N) is 2. The van der Waals surface area contributed by atoms with Crippen LogP contribution in [-0.2, 0) is 4.79 Å². The molecule has 0 saturated carbocycles. The van der Waals surface area contributed by atoms with Crippen molar-refractivity contribution in [2.75, 3.05) is 5.32 Å². The van der Waals surface area contributed by atoms with Crippen molar-refractivity contribution >= 4 is 34.4 Å². The van der Waals surface area contributed by atoms with E-state index < -0.39 is 11.5 Å². The van der Waals surface area contributed by atoms with Gasteiger partial charge in [-0.15, -0.1) is 0 Å². The number of para-hydroxylation sites is 2. The number of H-pyrrole nitrogens is 1. The summed E-state index contributed by atoms with van der Waals surface area (Å²) in [5, 5.41) is 15.6. The van der Waals surface area contributed by atoms with Crippen molar-refractivity contribution in [3.63, 3.8) is 0 Å². The molecule has 3 aromatic rings. The molecule has 0 bridgehead atoms. The normalized spacial score (nSPS) is 15.4. The summed E-state index contributed by atoms with van der Waals surface area (Å²) in [5.74, 6) is -1.19. The Bertz CT molecular complexity index is 1300. The van der Waals surface area contributed by atoms with Crippen molar-refractivity contribution in [1.82, 2.24) is 4.98 Å². The lowest BCUT2D eigenvalue weighted by atomic mass is 9.96. The maximum Gasteiger partial charge on any atom is 0.259 e. The number of aromatic amines is 1. The molecule has 0 fully saturated rings. The zero-order valence-corrected chi connectivity index (χ0v) is 15.1. The van der Waals surface area contributed by atoms with E-state index in [0.29, 0.717) is 22.2 Å². The highest BCUT2D eigenvalue weighted by Crippen LogP contribution is 2.25. The van der Waals surface area contributed by atoms with Crippen LogP contribution in [0.4, 0.5) is 5.69 Å². The Morgan fingerprint density at radius 3 is 2.48 bits per heavy atom. The molecule has 4 rings (SSSR count). The molecular weight excluding hydrogens is 368 g/mol. The van der Waals surface area contributed by atoms with Gasteiger partial charge in [-0.25, -0.2) is 0 Å². The van der Waals surface area contributed by atoms with Crippen molar-refractivity contribution < 1.29 is 14.7 Å². The predicted molar refractivity (Wildman–Crippen MR) is 110 cm³/mol. The molecule has 0 spiro atoms. The number of ketones is 1. The van der Waals surface area contributed by atoms with Crippen molar-refractivity contribution in [1.29, 1.82) is 0 Å². The average Bonchev–Trinajstić information content (AvgIpc) is 2.72. The van der Waals surface area contributed by atoms with Crippen LogP contribution in [-0.4, -0.2) is 16.7 Å². The van der Waals surface area contributed by atoms with E-state index in [1.165, 1.54) is 24.3 Å². The maximum absolute atomic E-state index is 12.5. The number of hydrogen-bond donors (Lipinski definition) is 2. The second-order valence-electron chi connectivity index (χ2n) is 6.40. The fraction of sp³-hybridized carbons (Fsp3) is 0. The zero-order valence-electron chi connectivity index (χ0n) is 15.1. The van der Waals surface area contributed by atoms with Gasteiger partial charge in [0.05, 0.1) is 11.3 Å². The number of amides is 1. The summed E-state index contributed by atoms with van der Waals surface area (Å²) in [7, 11) is 0. The highest BCUT2D eigenvalue weighted by Gasteiger charge is 2.27. The second kappa shape index (κ2) is 7.44. The van der Waals surface area contributed by atoms with Gasteiger partial charge >= 0.3 is 0 Å². The number of pyridine rings is 1. The van der Waals surface area contributed by atoms with Crippen molar-refractivity contribution in [3.8, 4) is 5.75 Å². The minimum Gasteiger partial charge on any atom is -0.871 e. The molecule has 1 aliphatic heterocycles. The Balaban J connectivity index is 1.58. The molecule has 1 aromatic heterocycles. The molecule has 6 heteroatoms. The minimum atomic E-state index is -0.477. The van der Waals surface area contributed by atoms with Gasteiger partial charge in [0.25, 0.3) is 11.5 Å². The second-order valence-corrected chi connectivity index (χ2v) is 6.40. The van der Waals surface area contributed by atoms with Crippen LogP contribution in [0.15, 0.2) is 83.2 Å². The lowest BCUT2D eigenvalue weighted by Crippen LogP contribution is -2.27. The molecule has 6 nitrogen and oxygen atoms in total. The third-order valence-electron chi connectivity index (χ3n) is 4.57. The van der Waals surface area contributed by atoms with E-state index in [2.05, 4.69) is 10.3 Å². The maximum atomic E-state index is 12.5. The Hall–Kier alpha value is -4.19. The van der Waals surface area contributed by atoms with Crippen molar-refractivity contribution in [2.24, 2.45) is 0 Å². The molecule has 142 valence electrons. The lowest BCUT2D eigenvalue weighted by molar-refractivity contribution is -0.266. The summed E-state index contributed by atoms with van der Waals surface area (Å²) >= 11 is 0. The van der Waals surface area contributed by atoms with Crippen LogP contribution < -0.4 is 16.0 Å². The van der Waals surface area contributed by atoms with Crippen LogP contribution in [0.3, 0.4) is 0 Å². The Labute approximate surface area is 165 Å². The van der Waals surface area contributed by atoms with Gasteiger partial charge in [0.15, 0.2) is 0 Å². The van der Waals surface area contributed by atoms with Crippen LogP contribution >= 0.6 is 0 Å². The SMILES string of the molecule is O=C1Nc2ccccc2C(=O)C1=CC=CC=Cc1c([O-])c2ccccc2[nH]c1=O. The van der Waals surface area contributed by atoms with Crippen LogP contribution in [0.25, 0.3) is 17.0 Å². The first-order chi connectivity index (χ1) is 14.1. The Morgan fingerprint density at radius 2 is 1.62 bits per heavy atom. The fourth-order valence-electron chi connectivity index (χ4n) is 3.13. The molecule has 29 heavy (non-hydrogen) atoms. The van der Waals surface area contributed by atoms with Gasteiger partial charge in [-0.3, -0.25) is 14.4 Å². The third kappa shape index (κ3) is 3.39. The van der Waals surface area contributed by atoms with Gasteiger partial charge in [-0.1, -0.05) is 60.4 Å². The van der Waals surface area contributed by atoms with E-state index in [1.807, 2.05) is 0 Å². The van der Waals surface area contributed by atoms with Crippen molar-refractivity contribution in [3.05, 3.63) is 99.9 Å². The summed E-state index contributed by atoms with van der Waals surface area (Å²) in [4.78, 5) is 39.4. The molecule has 2 N–H and O–H groups in total. The molecule has 1 amide bonds. The van der Waals surface area contributed by atoms with E-state index >= 15 is 0 Å². The highest BCUT2D eigenvalue weighted by atomic mass is 16.3. The number of rotatable bonds is 3. The van der Waals surface area contributed by atoms with Gasteiger partial charge in [0, 0.05) is 16.6 Å². The number of carbonyl (C=O) groups excluding carboxylic acids is 2. The minimum absolute atomic E-state index is 0.0152. The monoisotopic (exact) mass is 383 g/mol. The quantitative estimate of drug-likeness (QED) is 0.412. The van der Waals surface area contributed by atoms with E-state index in [4.69, 9.17) is 0 Å². The highest BCUT2D eigenvalue weighted by molar-refractivity contribution is 6.34. The molecule has 0 radical (unpaired) electrons. The number of anilines is 1. The number of Topliss-reactive ketones (excluding diaryl/α,β-unsaturated/α-hetero) is 1. The topological polar surface area (TPSA) is 102 Å². The summed E-state index contributed by atoms with van der Waals surface area (Å²) in [6.07, 6.45) is 7.37. The summed E-state index contributed by atoms with van der Waals surface area (Å²) in [6.45, 7) is 0. The van der Waals surface area contributed by atoms with E-state index in [9.17, 15) is 19.5 Å². The smallest absolute Gasteiger partial charge is 0.259 e. The van der Waals surface area contributed by atoms with Gasteiger partial charge in [-0.2, -0.15) is 0 Å². The van der Waals surface area contributed by atoms with E-state index in [1.54, 1.807) is 54.6 Å². The molecule has 0 unspecified atom stereocenters. The van der Waals surface area contributed by atoms with Crippen molar-refractivity contribution in [2.45, 2.75) is 0 Å². The average molecular weight is 383 g/mol. The number of hydrogen-bond acceptors (Lipinski definition) is 4.